The normalized spacial score (nSPS) is 25.2. The number of sulfonamides is 1. The summed E-state index contributed by atoms with van der Waals surface area (Å²) in [5, 5.41) is 2.26. The van der Waals surface area contributed by atoms with Crippen molar-refractivity contribution in [3.8, 4) is 0 Å². The van der Waals surface area contributed by atoms with Gasteiger partial charge in [-0.2, -0.15) is 17.5 Å². The van der Waals surface area contributed by atoms with Crippen LogP contribution in [0.15, 0.2) is 57.4 Å². The van der Waals surface area contributed by atoms with E-state index in [1.54, 1.807) is 6.07 Å². The lowest BCUT2D eigenvalue weighted by Crippen LogP contribution is -2.53. The van der Waals surface area contributed by atoms with E-state index in [0.717, 1.165) is 6.07 Å². The third kappa shape index (κ3) is 5.28. The first-order valence-corrected chi connectivity index (χ1v) is 14.9. The Labute approximate surface area is 214 Å². The van der Waals surface area contributed by atoms with Crippen molar-refractivity contribution in [2.75, 3.05) is 13.1 Å². The molecule has 2 saturated heterocycles. The van der Waals surface area contributed by atoms with Crippen LogP contribution in [0.2, 0.25) is 5.02 Å². The number of nitrogens with zero attached hydrogens (tertiary/aromatic N) is 2. The van der Waals surface area contributed by atoms with Crippen molar-refractivity contribution in [3.63, 3.8) is 0 Å². The molecule has 1 aromatic carbocycles. The highest BCUT2D eigenvalue weighted by atomic mass is 35.5. The topological polar surface area (TPSA) is 96.4 Å². The number of hydrogen-bond donors (Lipinski definition) is 1. The first-order valence-electron chi connectivity index (χ1n) is 11.6. The largest absolute Gasteiger partial charge is 0.401 e. The molecule has 4 rings (SSSR count). The molecule has 2 fully saturated rings. The first kappa shape index (κ1) is 27.3. The van der Waals surface area contributed by atoms with Crippen LogP contribution in [0, 0.1) is 5.41 Å². The molecule has 0 spiro atoms. The van der Waals surface area contributed by atoms with Gasteiger partial charge in [-0.25, -0.2) is 21.8 Å². The Balaban J connectivity index is 1.68. The fourth-order valence-electron chi connectivity index (χ4n) is 5.46. The fourth-order valence-corrected chi connectivity index (χ4v) is 9.57. The molecule has 2 aliphatic heterocycles. The van der Waals surface area contributed by atoms with Crippen molar-refractivity contribution in [2.45, 2.75) is 72.1 Å². The summed E-state index contributed by atoms with van der Waals surface area (Å²) in [5.74, 6) is 0. The molecule has 0 radical (unpaired) electrons. The summed E-state index contributed by atoms with van der Waals surface area (Å²) in [6, 6.07) is 7.06. The number of halogens is 4. The lowest BCUT2D eigenvalue weighted by molar-refractivity contribution is -0.126. The number of fused-ring (bicyclic) bond motifs is 2. The summed E-state index contributed by atoms with van der Waals surface area (Å²) < 4.78 is 94.0. The summed E-state index contributed by atoms with van der Waals surface area (Å²) >= 11 is 6.07. The van der Waals surface area contributed by atoms with Gasteiger partial charge >= 0.3 is 6.18 Å². The Morgan fingerprint density at radius 3 is 2.31 bits per heavy atom. The minimum absolute atomic E-state index is 0.0609. The van der Waals surface area contributed by atoms with Gasteiger partial charge in [0, 0.05) is 29.8 Å². The predicted octanol–water partition coefficient (Wildman–Crippen LogP) is 4.43. The average molecular weight is 566 g/mol. The standard InChI is InChI=1S/C23H27ClF3N3O4S2/c1-2-22(14-28-15-23(25,26)27)12-17-7-8-18(13-22)30(17)36(33,34)19-9-6-16(24)11-20(19)35(31,32)21-5-3-4-10-29-21/h3-6,9-11,17-18,28H,2,7-8,12-15H2,1H3/t17-,18+,22?. The van der Waals surface area contributed by atoms with Crippen molar-refractivity contribution in [2.24, 2.45) is 5.41 Å². The third-order valence-electron chi connectivity index (χ3n) is 7.13. The summed E-state index contributed by atoms with van der Waals surface area (Å²) in [6.45, 7) is 0.922. The monoisotopic (exact) mass is 565 g/mol. The lowest BCUT2D eigenvalue weighted by atomic mass is 9.73. The summed E-state index contributed by atoms with van der Waals surface area (Å²) in [7, 11) is -8.57. The van der Waals surface area contributed by atoms with Gasteiger partial charge < -0.3 is 5.32 Å². The molecule has 3 atom stereocenters. The van der Waals surface area contributed by atoms with E-state index >= 15 is 0 Å². The first-order chi connectivity index (χ1) is 16.8. The molecule has 36 heavy (non-hydrogen) atoms. The van der Waals surface area contributed by atoms with Crippen LogP contribution in [0.25, 0.3) is 0 Å². The molecular weight excluding hydrogens is 539 g/mol. The van der Waals surface area contributed by atoms with E-state index in [0.29, 0.717) is 32.1 Å². The Bertz CT molecular complexity index is 1310. The van der Waals surface area contributed by atoms with E-state index in [-0.39, 0.29) is 21.5 Å². The number of benzene rings is 1. The molecule has 2 bridgehead atoms. The third-order valence-corrected chi connectivity index (χ3v) is 11.3. The Hall–Kier alpha value is -1.73. The number of pyridine rings is 1. The maximum Gasteiger partial charge on any atom is 0.401 e. The highest BCUT2D eigenvalue weighted by Crippen LogP contribution is 2.49. The smallest absolute Gasteiger partial charge is 0.308 e. The van der Waals surface area contributed by atoms with Gasteiger partial charge in [0.1, 0.15) is 4.90 Å². The van der Waals surface area contributed by atoms with E-state index < -0.39 is 55.0 Å². The van der Waals surface area contributed by atoms with Crippen molar-refractivity contribution in [3.05, 3.63) is 47.6 Å². The molecule has 0 saturated carbocycles. The molecule has 1 N–H and O–H groups in total. The van der Waals surface area contributed by atoms with Crippen molar-refractivity contribution in [1.82, 2.24) is 14.6 Å². The van der Waals surface area contributed by atoms with Gasteiger partial charge in [-0.15, -0.1) is 0 Å². The number of sulfone groups is 1. The van der Waals surface area contributed by atoms with Crippen LogP contribution in [-0.4, -0.2) is 57.5 Å². The Kier molecular flexibility index (Phi) is 7.48. The van der Waals surface area contributed by atoms with Crippen molar-refractivity contribution in [1.29, 1.82) is 0 Å². The molecule has 1 aromatic heterocycles. The molecule has 0 aliphatic carbocycles. The zero-order valence-electron chi connectivity index (χ0n) is 19.5. The summed E-state index contributed by atoms with van der Waals surface area (Å²) in [6.07, 6.45) is -0.545. The van der Waals surface area contributed by atoms with E-state index in [9.17, 15) is 30.0 Å². The van der Waals surface area contributed by atoms with Gasteiger partial charge in [-0.05, 0) is 67.9 Å². The second-order valence-electron chi connectivity index (χ2n) is 9.46. The average Bonchev–Trinajstić information content (AvgIpc) is 3.11. The molecule has 198 valence electrons. The number of nitrogens with one attached hydrogen (secondary N) is 1. The molecule has 13 heteroatoms. The summed E-state index contributed by atoms with van der Waals surface area (Å²) in [5.41, 5.74) is -0.480. The number of piperidine rings is 1. The Morgan fingerprint density at radius 1 is 1.08 bits per heavy atom. The number of rotatable bonds is 8. The SMILES string of the molecule is CCC1(CNCC(F)(F)F)C[C@H]2CC[C@@H](C1)N2S(=O)(=O)c1ccc(Cl)cc1S(=O)(=O)c1ccccn1. The minimum Gasteiger partial charge on any atom is -0.308 e. The van der Waals surface area contributed by atoms with Crippen LogP contribution in [0.3, 0.4) is 0 Å². The predicted molar refractivity (Wildman–Crippen MR) is 128 cm³/mol. The maximum absolute atomic E-state index is 13.9. The molecular formula is C23H27ClF3N3O4S2. The van der Waals surface area contributed by atoms with Gasteiger partial charge in [0.15, 0.2) is 5.03 Å². The van der Waals surface area contributed by atoms with Crippen LogP contribution >= 0.6 is 11.6 Å². The fraction of sp³-hybridized carbons (Fsp3) is 0.522. The van der Waals surface area contributed by atoms with E-state index in [4.69, 9.17) is 11.6 Å². The van der Waals surface area contributed by atoms with Gasteiger partial charge in [0.05, 0.1) is 11.4 Å². The maximum atomic E-state index is 13.9. The Morgan fingerprint density at radius 2 is 1.75 bits per heavy atom. The molecule has 7 nitrogen and oxygen atoms in total. The van der Waals surface area contributed by atoms with Crippen molar-refractivity contribution < 1.29 is 30.0 Å². The van der Waals surface area contributed by atoms with Crippen LogP contribution in [-0.2, 0) is 19.9 Å². The highest BCUT2D eigenvalue weighted by molar-refractivity contribution is 7.93. The van der Waals surface area contributed by atoms with E-state index in [1.165, 1.54) is 34.8 Å². The van der Waals surface area contributed by atoms with Gasteiger partial charge in [-0.1, -0.05) is 24.6 Å². The van der Waals surface area contributed by atoms with E-state index in [1.807, 2.05) is 6.92 Å². The van der Waals surface area contributed by atoms with Crippen LogP contribution < -0.4 is 5.32 Å². The second kappa shape index (κ2) is 9.86. The molecule has 0 amide bonds. The van der Waals surface area contributed by atoms with Crippen LogP contribution in [0.5, 0.6) is 0 Å². The lowest BCUT2D eigenvalue weighted by Gasteiger charge is -2.46. The van der Waals surface area contributed by atoms with Gasteiger partial charge in [-0.3, -0.25) is 0 Å². The van der Waals surface area contributed by atoms with Gasteiger partial charge in [0.25, 0.3) is 0 Å². The number of alkyl halides is 3. The van der Waals surface area contributed by atoms with Crippen LogP contribution in [0.4, 0.5) is 13.2 Å². The summed E-state index contributed by atoms with van der Waals surface area (Å²) in [4.78, 5) is 3.05. The number of hydrogen-bond acceptors (Lipinski definition) is 6. The highest BCUT2D eigenvalue weighted by Gasteiger charge is 2.52. The molecule has 2 aromatic rings. The van der Waals surface area contributed by atoms with E-state index in [2.05, 4.69) is 10.3 Å². The zero-order chi connectivity index (χ0) is 26.4. The molecule has 3 heterocycles. The number of aromatic nitrogens is 1. The van der Waals surface area contributed by atoms with Crippen molar-refractivity contribution >= 4 is 31.5 Å². The quantitative estimate of drug-likeness (QED) is 0.509. The minimum atomic E-state index is -4.33. The molecule has 1 unspecified atom stereocenters. The zero-order valence-corrected chi connectivity index (χ0v) is 21.9. The van der Waals surface area contributed by atoms with Crippen LogP contribution in [0.1, 0.15) is 39.0 Å². The molecule has 2 aliphatic rings. The van der Waals surface area contributed by atoms with Gasteiger partial charge in [0.2, 0.25) is 19.9 Å². The second-order valence-corrected chi connectivity index (χ2v) is 13.6.